The number of hydrogen-bond donors (Lipinski definition) is 0. The zero-order chi connectivity index (χ0) is 17.0. The number of hydrogen-bond acceptors (Lipinski definition) is 0. The van der Waals surface area contributed by atoms with Crippen LogP contribution in [-0.2, 0) is 5.41 Å². The molecule has 0 unspecified atom stereocenters. The largest absolute Gasteiger partial charge is 0.114 e. The van der Waals surface area contributed by atoms with E-state index in [4.69, 9.17) is 0 Å². The monoisotopic (exact) mass is 400 g/mol. The molecule has 0 aromatic heterocycles. The second-order valence-electron chi connectivity index (χ2n) is 6.21. The molecular weight excluding hydrogens is 380 g/mol. The Morgan fingerprint density at radius 1 is 0.308 bits per heavy atom. The van der Waals surface area contributed by atoms with E-state index in [1.165, 1.54) is 22.3 Å². The average molecular weight is 401 g/mol. The van der Waals surface area contributed by atoms with Gasteiger partial charge in [-0.25, -0.2) is 0 Å². The van der Waals surface area contributed by atoms with E-state index in [-0.39, 0.29) is 22.4 Å². The van der Waals surface area contributed by atoms with Crippen molar-refractivity contribution in [2.24, 2.45) is 0 Å². The van der Waals surface area contributed by atoms with Crippen LogP contribution in [0.15, 0.2) is 121 Å². The van der Waals surface area contributed by atoms with Crippen molar-refractivity contribution < 1.29 is 0 Å². The quantitative estimate of drug-likeness (QED) is 0.336. The average Bonchev–Trinajstić information content (AvgIpc) is 2.72. The van der Waals surface area contributed by atoms with Crippen LogP contribution in [0.25, 0.3) is 0 Å². The van der Waals surface area contributed by atoms with Crippen molar-refractivity contribution in [3.8, 4) is 0 Å². The third-order valence-corrected chi connectivity index (χ3v) is 4.83. The molecule has 128 valence electrons. The summed E-state index contributed by atoms with van der Waals surface area (Å²) in [4.78, 5) is 0. The maximum Gasteiger partial charge on any atom is 0.0701 e. The molecule has 0 nitrogen and oxygen atoms in total. The molecule has 0 saturated carbocycles. The first-order valence-corrected chi connectivity index (χ1v) is 8.64. The maximum absolute atomic E-state index is 2.23. The number of rotatable bonds is 4. The standard InChI is InChI=1S/C25H20.BrH/c1-5-13-21(14-6-1)25(22-15-7-2-8-16-22,23-17-9-3-10-18-23)24-19-11-4-12-20-24;/h1-20H;1H. The summed E-state index contributed by atoms with van der Waals surface area (Å²) in [5.41, 5.74) is 4.78. The summed E-state index contributed by atoms with van der Waals surface area (Å²) >= 11 is 0. The molecule has 4 rings (SSSR count). The molecule has 1 heteroatoms. The molecule has 0 aliphatic heterocycles. The minimum atomic E-state index is -0.328. The highest BCUT2D eigenvalue weighted by atomic mass is 79.9. The van der Waals surface area contributed by atoms with E-state index in [2.05, 4.69) is 121 Å². The van der Waals surface area contributed by atoms with Gasteiger partial charge in [0.25, 0.3) is 0 Å². The summed E-state index contributed by atoms with van der Waals surface area (Å²) < 4.78 is 0. The van der Waals surface area contributed by atoms with Crippen LogP contribution in [0.5, 0.6) is 0 Å². The highest BCUT2D eigenvalue weighted by molar-refractivity contribution is 8.93. The molecule has 0 fully saturated rings. The zero-order valence-electron chi connectivity index (χ0n) is 14.5. The van der Waals surface area contributed by atoms with Gasteiger partial charge in [0.2, 0.25) is 0 Å². The van der Waals surface area contributed by atoms with E-state index >= 15 is 0 Å². The molecule has 26 heavy (non-hydrogen) atoms. The molecular formula is C25H21Br. The summed E-state index contributed by atoms with van der Waals surface area (Å²) in [7, 11) is 0. The summed E-state index contributed by atoms with van der Waals surface area (Å²) in [5.74, 6) is 0. The highest BCUT2D eigenvalue weighted by Gasteiger charge is 2.37. The third-order valence-electron chi connectivity index (χ3n) is 4.83. The lowest BCUT2D eigenvalue weighted by atomic mass is 9.65. The molecule has 0 atom stereocenters. The van der Waals surface area contributed by atoms with Gasteiger partial charge in [-0.05, 0) is 22.3 Å². The van der Waals surface area contributed by atoms with Crippen LogP contribution in [0.4, 0.5) is 0 Å². The number of halogens is 1. The van der Waals surface area contributed by atoms with E-state index in [1.807, 2.05) is 0 Å². The fraction of sp³-hybridized carbons (Fsp3) is 0.0400. The van der Waals surface area contributed by atoms with Gasteiger partial charge in [-0.1, -0.05) is 121 Å². The van der Waals surface area contributed by atoms with Gasteiger partial charge in [-0.2, -0.15) is 0 Å². The van der Waals surface area contributed by atoms with Gasteiger partial charge in [0.15, 0.2) is 0 Å². The Labute approximate surface area is 165 Å². The third kappa shape index (κ3) is 3.11. The van der Waals surface area contributed by atoms with Gasteiger partial charge < -0.3 is 0 Å². The molecule has 0 radical (unpaired) electrons. The van der Waals surface area contributed by atoms with Gasteiger partial charge in [0, 0.05) is 0 Å². The van der Waals surface area contributed by atoms with Crippen LogP contribution >= 0.6 is 17.0 Å². The fourth-order valence-electron chi connectivity index (χ4n) is 3.75. The van der Waals surface area contributed by atoms with Gasteiger partial charge in [0.1, 0.15) is 0 Å². The van der Waals surface area contributed by atoms with Crippen LogP contribution in [0.1, 0.15) is 22.3 Å². The Bertz CT molecular complexity index is 753. The molecule has 0 amide bonds. The molecule has 0 aliphatic rings. The zero-order valence-corrected chi connectivity index (χ0v) is 16.2. The lowest BCUT2D eigenvalue weighted by Gasteiger charge is -2.36. The predicted molar refractivity (Wildman–Crippen MR) is 115 cm³/mol. The maximum atomic E-state index is 2.23. The Morgan fingerprint density at radius 3 is 0.692 bits per heavy atom. The fourth-order valence-corrected chi connectivity index (χ4v) is 3.75. The first kappa shape index (κ1) is 18.2. The van der Waals surface area contributed by atoms with E-state index in [1.54, 1.807) is 0 Å². The normalized spacial score (nSPS) is 10.8. The molecule has 0 saturated heterocycles. The Balaban J connectivity index is 0.00000196. The Morgan fingerprint density at radius 2 is 0.500 bits per heavy atom. The van der Waals surface area contributed by atoms with Gasteiger partial charge in [-0.3, -0.25) is 0 Å². The van der Waals surface area contributed by atoms with Crippen molar-refractivity contribution in [3.05, 3.63) is 144 Å². The lowest BCUT2D eigenvalue weighted by molar-refractivity contribution is 0.745. The molecule has 0 heterocycles. The molecule has 4 aromatic carbocycles. The van der Waals surface area contributed by atoms with Crippen molar-refractivity contribution in [2.45, 2.75) is 5.41 Å². The van der Waals surface area contributed by atoms with E-state index in [9.17, 15) is 0 Å². The molecule has 0 spiro atoms. The van der Waals surface area contributed by atoms with Crippen LogP contribution in [0, 0.1) is 0 Å². The van der Waals surface area contributed by atoms with Crippen LogP contribution < -0.4 is 0 Å². The SMILES string of the molecule is Br.c1ccc(C(c2ccccc2)(c2ccccc2)c2ccccc2)cc1. The summed E-state index contributed by atoms with van der Waals surface area (Å²) in [5, 5.41) is 0. The van der Waals surface area contributed by atoms with Crippen LogP contribution in [0.3, 0.4) is 0 Å². The van der Waals surface area contributed by atoms with E-state index in [0.29, 0.717) is 0 Å². The van der Waals surface area contributed by atoms with Crippen molar-refractivity contribution in [1.82, 2.24) is 0 Å². The number of benzene rings is 4. The second-order valence-corrected chi connectivity index (χ2v) is 6.21. The minimum absolute atomic E-state index is 0. The summed E-state index contributed by atoms with van der Waals surface area (Å²) in [6.45, 7) is 0. The molecule has 0 bridgehead atoms. The first-order valence-electron chi connectivity index (χ1n) is 8.64. The lowest BCUT2D eigenvalue weighted by Crippen LogP contribution is -2.30. The van der Waals surface area contributed by atoms with E-state index in [0.717, 1.165) is 0 Å². The van der Waals surface area contributed by atoms with Crippen molar-refractivity contribution >= 4 is 17.0 Å². The Kier molecular flexibility index (Phi) is 5.70. The first-order chi connectivity index (χ1) is 12.4. The minimum Gasteiger partial charge on any atom is -0.114 e. The van der Waals surface area contributed by atoms with Crippen LogP contribution in [0.2, 0.25) is 0 Å². The van der Waals surface area contributed by atoms with Gasteiger partial charge >= 0.3 is 0 Å². The van der Waals surface area contributed by atoms with E-state index < -0.39 is 0 Å². The molecule has 0 aliphatic carbocycles. The second kappa shape index (κ2) is 8.16. The van der Waals surface area contributed by atoms with Crippen molar-refractivity contribution in [2.75, 3.05) is 0 Å². The topological polar surface area (TPSA) is 0 Å². The highest BCUT2D eigenvalue weighted by Crippen LogP contribution is 2.44. The van der Waals surface area contributed by atoms with Gasteiger partial charge in [-0.15, -0.1) is 17.0 Å². The summed E-state index contributed by atoms with van der Waals surface area (Å²) in [6.07, 6.45) is 0. The molecule has 4 aromatic rings. The van der Waals surface area contributed by atoms with Crippen molar-refractivity contribution in [3.63, 3.8) is 0 Å². The summed E-state index contributed by atoms with van der Waals surface area (Å²) in [6, 6.07) is 43.1. The molecule has 0 N–H and O–H groups in total. The van der Waals surface area contributed by atoms with Crippen molar-refractivity contribution in [1.29, 1.82) is 0 Å². The van der Waals surface area contributed by atoms with Gasteiger partial charge in [0.05, 0.1) is 5.41 Å². The predicted octanol–water partition coefficient (Wildman–Crippen LogP) is 6.65. The smallest absolute Gasteiger partial charge is 0.0701 e. The van der Waals surface area contributed by atoms with Crippen LogP contribution in [-0.4, -0.2) is 0 Å². The Hall–Kier alpha value is -2.64.